The van der Waals surface area contributed by atoms with Gasteiger partial charge in [-0.1, -0.05) is 18.2 Å². The molecule has 0 spiro atoms. The lowest BCUT2D eigenvalue weighted by atomic mass is 10.2. The van der Waals surface area contributed by atoms with Gasteiger partial charge in [0.15, 0.2) is 0 Å². The highest BCUT2D eigenvalue weighted by atomic mass is 16.5. The number of methoxy groups -OCH3 is 1. The highest BCUT2D eigenvalue weighted by Gasteiger charge is 2.26. The van der Waals surface area contributed by atoms with E-state index in [1.165, 1.54) is 9.47 Å². The first-order valence-electron chi connectivity index (χ1n) is 8.43. The minimum Gasteiger partial charge on any atom is -0.383 e. The molecular formula is C19H24N4O3. The van der Waals surface area contributed by atoms with Crippen molar-refractivity contribution in [2.75, 3.05) is 41.4 Å². The molecule has 7 nitrogen and oxygen atoms in total. The summed E-state index contributed by atoms with van der Waals surface area (Å²) in [7, 11) is 8.61. The smallest absolute Gasteiger partial charge is 0.328 e. The Morgan fingerprint density at radius 3 is 2.46 bits per heavy atom. The minimum atomic E-state index is -0.250. The van der Waals surface area contributed by atoms with Crippen LogP contribution in [0.3, 0.4) is 0 Å². The number of nitrogens with zero attached hydrogens (tertiary/aromatic N) is 4. The third kappa shape index (κ3) is 2.74. The number of aryl methyl sites for hydroxylation is 1. The first kappa shape index (κ1) is 18.0. The summed E-state index contributed by atoms with van der Waals surface area (Å²) >= 11 is 0. The highest BCUT2D eigenvalue weighted by molar-refractivity contribution is 6.14. The van der Waals surface area contributed by atoms with Crippen LogP contribution in [0.5, 0.6) is 0 Å². The van der Waals surface area contributed by atoms with Crippen molar-refractivity contribution in [3.8, 4) is 0 Å². The summed E-state index contributed by atoms with van der Waals surface area (Å²) in [5.74, 6) is -0.211. The van der Waals surface area contributed by atoms with Crippen molar-refractivity contribution in [3.63, 3.8) is 0 Å². The molecule has 138 valence electrons. The van der Waals surface area contributed by atoms with Crippen LogP contribution in [0.2, 0.25) is 0 Å². The normalized spacial score (nSPS) is 11.3. The van der Waals surface area contributed by atoms with Gasteiger partial charge in [-0.15, -0.1) is 0 Å². The Balaban J connectivity index is 2.26. The number of rotatable bonds is 4. The van der Waals surface area contributed by atoms with Crippen molar-refractivity contribution in [2.45, 2.75) is 0 Å². The molecule has 0 bridgehead atoms. The van der Waals surface area contributed by atoms with Gasteiger partial charge in [-0.05, 0) is 12.1 Å². The second-order valence-electron chi connectivity index (χ2n) is 6.57. The van der Waals surface area contributed by atoms with Crippen LogP contribution in [0.4, 0.5) is 4.79 Å². The standard InChI is InChI=1S/C19H24N4O3/c1-20(2)19(25)23-16(18(24)21(3)10-11-26-5)12-15-17(23)13-8-6-7-9-14(13)22(15)4/h6-9,12H,10-11H2,1-5H3. The minimum absolute atomic E-state index is 0.211. The number of likely N-dealkylation sites (N-methyl/N-ethyl adjacent to an activating group) is 1. The van der Waals surface area contributed by atoms with E-state index < -0.39 is 0 Å². The van der Waals surface area contributed by atoms with Crippen molar-refractivity contribution < 1.29 is 14.3 Å². The first-order chi connectivity index (χ1) is 12.4. The maximum Gasteiger partial charge on any atom is 0.328 e. The summed E-state index contributed by atoms with van der Waals surface area (Å²) in [5, 5.41) is 0.943. The lowest BCUT2D eigenvalue weighted by molar-refractivity contribution is 0.0735. The third-order valence-electron chi connectivity index (χ3n) is 4.63. The lowest BCUT2D eigenvalue weighted by Crippen LogP contribution is -2.35. The number of hydrogen-bond acceptors (Lipinski definition) is 3. The molecule has 0 fully saturated rings. The molecular weight excluding hydrogens is 332 g/mol. The molecule has 0 unspecified atom stereocenters. The summed E-state index contributed by atoms with van der Waals surface area (Å²) in [6.45, 7) is 0.890. The number of fused-ring (bicyclic) bond motifs is 3. The van der Waals surface area contributed by atoms with Crippen LogP contribution >= 0.6 is 0 Å². The van der Waals surface area contributed by atoms with Crippen molar-refractivity contribution in [1.82, 2.24) is 18.9 Å². The van der Waals surface area contributed by atoms with Gasteiger partial charge >= 0.3 is 6.03 Å². The number of para-hydroxylation sites is 1. The van der Waals surface area contributed by atoms with Crippen LogP contribution in [0.1, 0.15) is 10.5 Å². The predicted molar refractivity (Wildman–Crippen MR) is 102 cm³/mol. The quantitative estimate of drug-likeness (QED) is 0.721. The fourth-order valence-corrected chi connectivity index (χ4v) is 3.19. The van der Waals surface area contributed by atoms with Crippen molar-refractivity contribution in [2.24, 2.45) is 7.05 Å². The molecule has 2 heterocycles. The van der Waals surface area contributed by atoms with Gasteiger partial charge in [0.1, 0.15) is 5.69 Å². The monoisotopic (exact) mass is 356 g/mol. The molecule has 0 N–H and O–H groups in total. The molecule has 2 aromatic heterocycles. The molecule has 3 aromatic rings. The van der Waals surface area contributed by atoms with Crippen LogP contribution in [-0.4, -0.2) is 72.3 Å². The number of benzene rings is 1. The van der Waals surface area contributed by atoms with E-state index in [1.54, 1.807) is 39.2 Å². The SMILES string of the molecule is COCCN(C)C(=O)c1cc2c(c3ccccc3n2C)n1C(=O)N(C)C. The highest BCUT2D eigenvalue weighted by Crippen LogP contribution is 2.31. The van der Waals surface area contributed by atoms with E-state index >= 15 is 0 Å². The first-order valence-corrected chi connectivity index (χ1v) is 8.43. The van der Waals surface area contributed by atoms with Crippen LogP contribution in [0.15, 0.2) is 30.3 Å². The van der Waals surface area contributed by atoms with Crippen LogP contribution < -0.4 is 0 Å². The van der Waals surface area contributed by atoms with Gasteiger partial charge in [-0.2, -0.15) is 0 Å². The Labute approximate surface area is 152 Å². The van der Waals surface area contributed by atoms with Gasteiger partial charge in [0.25, 0.3) is 5.91 Å². The second-order valence-corrected chi connectivity index (χ2v) is 6.57. The van der Waals surface area contributed by atoms with E-state index in [9.17, 15) is 9.59 Å². The van der Waals surface area contributed by atoms with Gasteiger partial charge in [0.05, 0.1) is 23.2 Å². The fraction of sp³-hybridized carbons (Fsp3) is 0.368. The predicted octanol–water partition coefficient (Wildman–Crippen LogP) is 2.38. The molecule has 0 radical (unpaired) electrons. The largest absolute Gasteiger partial charge is 0.383 e. The summed E-state index contributed by atoms with van der Waals surface area (Å²) in [5.41, 5.74) is 2.98. The van der Waals surface area contributed by atoms with Crippen molar-refractivity contribution in [1.29, 1.82) is 0 Å². The maximum atomic E-state index is 13.0. The van der Waals surface area contributed by atoms with Gasteiger partial charge in [0.2, 0.25) is 0 Å². The second kappa shape index (κ2) is 6.84. The molecule has 2 amide bonds. The van der Waals surface area contributed by atoms with E-state index in [2.05, 4.69) is 0 Å². The number of hydrogen-bond donors (Lipinski definition) is 0. The zero-order chi connectivity index (χ0) is 19.0. The van der Waals surface area contributed by atoms with Gasteiger partial charge in [0, 0.05) is 47.2 Å². The molecule has 7 heteroatoms. The molecule has 1 aromatic carbocycles. The van der Waals surface area contributed by atoms with Gasteiger partial charge < -0.3 is 19.1 Å². The number of carbonyl (C=O) groups is 2. The van der Waals surface area contributed by atoms with Crippen LogP contribution in [0.25, 0.3) is 21.9 Å². The van der Waals surface area contributed by atoms with E-state index in [1.807, 2.05) is 35.9 Å². The Bertz CT molecular complexity index is 984. The van der Waals surface area contributed by atoms with Crippen LogP contribution in [-0.2, 0) is 11.8 Å². The number of ether oxygens (including phenoxy) is 1. The summed E-state index contributed by atoms with van der Waals surface area (Å²) in [4.78, 5) is 28.9. The Morgan fingerprint density at radius 2 is 1.81 bits per heavy atom. The Morgan fingerprint density at radius 1 is 1.12 bits per heavy atom. The van der Waals surface area contributed by atoms with Crippen LogP contribution in [0, 0.1) is 0 Å². The summed E-state index contributed by atoms with van der Waals surface area (Å²) < 4.78 is 8.58. The molecule has 0 aliphatic carbocycles. The zero-order valence-corrected chi connectivity index (χ0v) is 15.8. The van der Waals surface area contributed by atoms with Crippen molar-refractivity contribution >= 4 is 33.9 Å². The van der Waals surface area contributed by atoms with E-state index in [4.69, 9.17) is 4.74 Å². The average Bonchev–Trinajstić information content (AvgIpc) is 3.15. The maximum absolute atomic E-state index is 13.0. The average molecular weight is 356 g/mol. The third-order valence-corrected chi connectivity index (χ3v) is 4.63. The molecule has 26 heavy (non-hydrogen) atoms. The molecule has 0 atom stereocenters. The fourth-order valence-electron chi connectivity index (χ4n) is 3.19. The Hall–Kier alpha value is -2.80. The van der Waals surface area contributed by atoms with Crippen molar-refractivity contribution in [3.05, 3.63) is 36.0 Å². The molecule has 0 saturated carbocycles. The summed E-state index contributed by atoms with van der Waals surface area (Å²) in [6, 6.07) is 9.42. The topological polar surface area (TPSA) is 59.7 Å². The lowest BCUT2D eigenvalue weighted by Gasteiger charge is -2.19. The molecule has 0 aliphatic rings. The van der Waals surface area contributed by atoms with E-state index in [0.29, 0.717) is 18.8 Å². The molecule has 0 aliphatic heterocycles. The summed E-state index contributed by atoms with van der Waals surface area (Å²) in [6.07, 6.45) is 0. The zero-order valence-electron chi connectivity index (χ0n) is 15.8. The van der Waals surface area contributed by atoms with E-state index in [0.717, 1.165) is 21.9 Å². The van der Waals surface area contributed by atoms with Gasteiger partial charge in [-0.3, -0.25) is 9.36 Å². The number of aromatic nitrogens is 2. The molecule has 0 saturated heterocycles. The number of amides is 2. The van der Waals surface area contributed by atoms with Gasteiger partial charge in [-0.25, -0.2) is 4.79 Å². The Kier molecular flexibility index (Phi) is 4.73. The number of carbonyl (C=O) groups excluding carboxylic acids is 2. The molecule has 3 rings (SSSR count). The van der Waals surface area contributed by atoms with E-state index in [-0.39, 0.29) is 11.9 Å².